The Morgan fingerprint density at radius 2 is 1.67 bits per heavy atom. The van der Waals surface area contributed by atoms with Crippen molar-refractivity contribution in [3.63, 3.8) is 0 Å². The summed E-state index contributed by atoms with van der Waals surface area (Å²) < 4.78 is 27.1. The molecule has 0 bridgehead atoms. The molecule has 1 aromatic rings. The Hall–Kier alpha value is -2.00. The Labute approximate surface area is 159 Å². The highest BCUT2D eigenvalue weighted by molar-refractivity contribution is 7.89. The molecule has 0 N–H and O–H groups in total. The minimum atomic E-state index is -3.62. The SMILES string of the molecule is CC(C)(C)c1ccc(S(=O)(=O)N2CCN(C(=O)[C@@H]3C[C@H]3[N+](=O)[O-])CC2)cc1. The fourth-order valence-corrected chi connectivity index (χ4v) is 4.76. The van der Waals surface area contributed by atoms with Gasteiger partial charge in [-0.15, -0.1) is 0 Å². The van der Waals surface area contributed by atoms with Crippen LogP contribution in [0.25, 0.3) is 0 Å². The molecule has 1 aliphatic carbocycles. The van der Waals surface area contributed by atoms with Gasteiger partial charge in [-0.1, -0.05) is 32.9 Å². The molecule has 1 saturated carbocycles. The lowest BCUT2D eigenvalue weighted by atomic mass is 9.87. The molecule has 8 nitrogen and oxygen atoms in total. The summed E-state index contributed by atoms with van der Waals surface area (Å²) in [6, 6.07) is 6.13. The molecule has 0 spiro atoms. The van der Waals surface area contributed by atoms with Crippen LogP contribution < -0.4 is 0 Å². The molecule has 1 saturated heterocycles. The molecule has 0 radical (unpaired) electrons. The van der Waals surface area contributed by atoms with E-state index in [1.165, 1.54) is 4.31 Å². The van der Waals surface area contributed by atoms with Gasteiger partial charge in [0.25, 0.3) is 0 Å². The van der Waals surface area contributed by atoms with E-state index in [0.29, 0.717) is 0 Å². The van der Waals surface area contributed by atoms with Gasteiger partial charge in [-0.25, -0.2) is 8.42 Å². The van der Waals surface area contributed by atoms with Crippen LogP contribution >= 0.6 is 0 Å². The van der Waals surface area contributed by atoms with Crippen molar-refractivity contribution in [2.24, 2.45) is 5.92 Å². The van der Waals surface area contributed by atoms with Crippen LogP contribution in [0, 0.1) is 16.0 Å². The first-order chi connectivity index (χ1) is 12.5. The van der Waals surface area contributed by atoms with E-state index in [-0.39, 0.29) is 48.8 Å². The predicted molar refractivity (Wildman–Crippen MR) is 99.4 cm³/mol. The number of piperazine rings is 1. The van der Waals surface area contributed by atoms with Crippen molar-refractivity contribution in [2.75, 3.05) is 26.2 Å². The quantitative estimate of drug-likeness (QED) is 0.568. The first-order valence-corrected chi connectivity index (χ1v) is 10.5. The van der Waals surface area contributed by atoms with Crippen molar-refractivity contribution >= 4 is 15.9 Å². The third-order valence-electron chi connectivity index (χ3n) is 5.25. The molecule has 3 rings (SSSR count). The molecule has 9 heteroatoms. The van der Waals surface area contributed by atoms with E-state index in [2.05, 4.69) is 20.8 Å². The zero-order valence-corrected chi connectivity index (χ0v) is 16.6. The molecule has 2 fully saturated rings. The van der Waals surface area contributed by atoms with Gasteiger partial charge < -0.3 is 4.90 Å². The first-order valence-electron chi connectivity index (χ1n) is 9.05. The van der Waals surface area contributed by atoms with E-state index in [9.17, 15) is 23.3 Å². The highest BCUT2D eigenvalue weighted by Gasteiger charge is 2.54. The van der Waals surface area contributed by atoms with Gasteiger partial charge in [0, 0.05) is 37.5 Å². The van der Waals surface area contributed by atoms with E-state index in [4.69, 9.17) is 0 Å². The fourth-order valence-electron chi connectivity index (χ4n) is 3.34. The van der Waals surface area contributed by atoms with E-state index >= 15 is 0 Å². The minimum Gasteiger partial charge on any atom is -0.340 e. The lowest BCUT2D eigenvalue weighted by Crippen LogP contribution is -2.51. The van der Waals surface area contributed by atoms with Crippen molar-refractivity contribution < 1.29 is 18.1 Å². The third kappa shape index (κ3) is 3.98. The van der Waals surface area contributed by atoms with Crippen LogP contribution in [0.5, 0.6) is 0 Å². The standard InChI is InChI=1S/C18H25N3O5S/c1-18(2,3)13-4-6-14(7-5-13)27(25,26)20-10-8-19(9-11-20)17(22)15-12-16(15)21(23)24/h4-7,15-16H,8-12H2,1-3H3/t15-,16-/m1/s1. The fraction of sp³-hybridized carbons (Fsp3) is 0.611. The molecule has 148 valence electrons. The topological polar surface area (TPSA) is 101 Å². The lowest BCUT2D eigenvalue weighted by Gasteiger charge is -2.34. The number of hydrogen-bond donors (Lipinski definition) is 0. The summed E-state index contributed by atoms with van der Waals surface area (Å²) in [6.07, 6.45) is 0.282. The largest absolute Gasteiger partial charge is 0.340 e. The van der Waals surface area contributed by atoms with Crippen LogP contribution in [0.15, 0.2) is 29.2 Å². The molecule has 27 heavy (non-hydrogen) atoms. The summed E-state index contributed by atoms with van der Waals surface area (Å²) in [4.78, 5) is 24.4. The molecular weight excluding hydrogens is 370 g/mol. The minimum absolute atomic E-state index is 0.0568. The number of hydrogen-bond acceptors (Lipinski definition) is 5. The van der Waals surface area contributed by atoms with Crippen LogP contribution in [-0.2, 0) is 20.2 Å². The van der Waals surface area contributed by atoms with Crippen LogP contribution in [0.2, 0.25) is 0 Å². The zero-order chi connectivity index (χ0) is 20.0. The maximum atomic E-state index is 12.8. The highest BCUT2D eigenvalue weighted by atomic mass is 32.2. The first kappa shape index (κ1) is 19.8. The summed E-state index contributed by atoms with van der Waals surface area (Å²) in [5, 5.41) is 10.7. The van der Waals surface area contributed by atoms with Gasteiger partial charge in [0.2, 0.25) is 22.0 Å². The summed E-state index contributed by atoms with van der Waals surface area (Å²) in [6.45, 7) is 7.12. The van der Waals surface area contributed by atoms with Gasteiger partial charge >= 0.3 is 0 Å². The van der Waals surface area contributed by atoms with Gasteiger partial charge in [-0.2, -0.15) is 4.31 Å². The maximum absolute atomic E-state index is 12.8. The second-order valence-corrected chi connectivity index (χ2v) is 10.1. The monoisotopic (exact) mass is 395 g/mol. The van der Waals surface area contributed by atoms with Gasteiger partial charge in [-0.3, -0.25) is 14.9 Å². The van der Waals surface area contributed by atoms with Crippen LogP contribution in [0.1, 0.15) is 32.8 Å². The molecule has 0 unspecified atom stereocenters. The molecule has 0 aromatic heterocycles. The van der Waals surface area contributed by atoms with E-state index < -0.39 is 26.9 Å². The Balaban J connectivity index is 1.63. The van der Waals surface area contributed by atoms with Crippen molar-refractivity contribution in [1.29, 1.82) is 0 Å². The molecule has 2 aliphatic rings. The van der Waals surface area contributed by atoms with Crippen LogP contribution in [-0.4, -0.2) is 60.7 Å². The predicted octanol–water partition coefficient (Wildman–Crippen LogP) is 1.48. The van der Waals surface area contributed by atoms with E-state index in [0.717, 1.165) is 5.56 Å². The van der Waals surface area contributed by atoms with Gasteiger partial charge in [0.05, 0.1) is 4.90 Å². The number of nitro groups is 1. The number of benzene rings is 1. The van der Waals surface area contributed by atoms with Crippen LogP contribution in [0.3, 0.4) is 0 Å². The second-order valence-electron chi connectivity index (χ2n) is 8.20. The summed E-state index contributed by atoms with van der Waals surface area (Å²) >= 11 is 0. The molecular formula is C18H25N3O5S. The average molecular weight is 395 g/mol. The zero-order valence-electron chi connectivity index (χ0n) is 15.8. The summed E-state index contributed by atoms with van der Waals surface area (Å²) in [7, 11) is -3.62. The number of sulfonamides is 1. The molecule has 2 atom stereocenters. The summed E-state index contributed by atoms with van der Waals surface area (Å²) in [5.74, 6) is -0.781. The van der Waals surface area contributed by atoms with Gasteiger partial charge in [0.1, 0.15) is 5.92 Å². The number of carbonyl (C=O) groups excluding carboxylic acids is 1. The van der Waals surface area contributed by atoms with Crippen molar-refractivity contribution in [3.8, 4) is 0 Å². The van der Waals surface area contributed by atoms with E-state index in [1.807, 2.05) is 12.1 Å². The Morgan fingerprint density at radius 3 is 2.11 bits per heavy atom. The smallest absolute Gasteiger partial charge is 0.243 e. The van der Waals surface area contributed by atoms with E-state index in [1.54, 1.807) is 17.0 Å². The van der Waals surface area contributed by atoms with Crippen LogP contribution in [0.4, 0.5) is 0 Å². The summed E-state index contributed by atoms with van der Waals surface area (Å²) in [5.41, 5.74) is 1.00. The number of amides is 1. The number of carbonyl (C=O) groups is 1. The maximum Gasteiger partial charge on any atom is 0.243 e. The normalized spacial score (nSPS) is 23.9. The van der Waals surface area contributed by atoms with Gasteiger partial charge in [-0.05, 0) is 23.1 Å². The highest BCUT2D eigenvalue weighted by Crippen LogP contribution is 2.35. The molecule has 1 amide bonds. The molecule has 1 heterocycles. The van der Waals surface area contributed by atoms with Crippen molar-refractivity contribution in [1.82, 2.24) is 9.21 Å². The number of nitrogens with zero attached hydrogens (tertiary/aromatic N) is 3. The lowest BCUT2D eigenvalue weighted by molar-refractivity contribution is -0.497. The Kier molecular flexibility index (Phi) is 5.02. The average Bonchev–Trinajstić information content (AvgIpc) is 3.41. The van der Waals surface area contributed by atoms with Crippen molar-refractivity contribution in [3.05, 3.63) is 39.9 Å². The number of rotatable bonds is 4. The van der Waals surface area contributed by atoms with Gasteiger partial charge in [0.15, 0.2) is 0 Å². The Morgan fingerprint density at radius 1 is 1.11 bits per heavy atom. The molecule has 1 aliphatic heterocycles. The molecule has 1 aromatic carbocycles. The Bertz CT molecular complexity index is 837. The van der Waals surface area contributed by atoms with Crippen molar-refractivity contribution in [2.45, 2.75) is 43.5 Å². The second kappa shape index (κ2) is 6.87. The third-order valence-corrected chi connectivity index (χ3v) is 7.17.